The number of aryl methyl sites for hydroxylation is 1. The molecule has 0 saturated carbocycles. The molecular weight excluding hydrogens is 371 g/mol. The molecule has 0 aromatic heterocycles. The quantitative estimate of drug-likeness (QED) is 0.800. The lowest BCUT2D eigenvalue weighted by Gasteiger charge is -2.15. The number of rotatable bonds is 5. The Morgan fingerprint density at radius 3 is 2.52 bits per heavy atom. The highest BCUT2D eigenvalue weighted by Crippen LogP contribution is 2.24. The standard InChI is InChI=1S/C16H16ClFN2O4S/c1-10-4-5-11(8-15(10)18)19-16(21)13-9-12(6-7-14(13)17)25(22,23)20(2)24-3/h4-9H,1-3H3,(H,19,21). The van der Waals surface area contributed by atoms with E-state index < -0.39 is 21.7 Å². The van der Waals surface area contributed by atoms with E-state index in [2.05, 4.69) is 5.32 Å². The van der Waals surface area contributed by atoms with E-state index in [-0.39, 0.29) is 21.2 Å². The minimum Gasteiger partial charge on any atom is -0.322 e. The zero-order valence-corrected chi connectivity index (χ0v) is 15.3. The van der Waals surface area contributed by atoms with Gasteiger partial charge >= 0.3 is 0 Å². The summed E-state index contributed by atoms with van der Waals surface area (Å²) in [6.45, 7) is 1.60. The summed E-state index contributed by atoms with van der Waals surface area (Å²) >= 11 is 6.00. The number of carbonyl (C=O) groups is 1. The monoisotopic (exact) mass is 386 g/mol. The first-order valence-corrected chi connectivity index (χ1v) is 8.88. The van der Waals surface area contributed by atoms with Crippen LogP contribution in [0.15, 0.2) is 41.3 Å². The van der Waals surface area contributed by atoms with Crippen molar-refractivity contribution < 1.29 is 22.4 Å². The smallest absolute Gasteiger partial charge is 0.264 e. The minimum atomic E-state index is -3.93. The Labute approximate surface area is 150 Å². The van der Waals surface area contributed by atoms with Gasteiger partial charge in [-0.3, -0.25) is 9.63 Å². The highest BCUT2D eigenvalue weighted by Gasteiger charge is 2.23. The third-order valence-electron chi connectivity index (χ3n) is 3.51. The van der Waals surface area contributed by atoms with Gasteiger partial charge in [0.1, 0.15) is 5.82 Å². The number of carbonyl (C=O) groups excluding carboxylic acids is 1. The largest absolute Gasteiger partial charge is 0.322 e. The van der Waals surface area contributed by atoms with Crippen LogP contribution >= 0.6 is 11.6 Å². The zero-order chi connectivity index (χ0) is 18.8. The molecule has 1 amide bonds. The van der Waals surface area contributed by atoms with Crippen LogP contribution in [-0.2, 0) is 14.9 Å². The van der Waals surface area contributed by atoms with E-state index in [0.29, 0.717) is 10.0 Å². The number of nitrogens with zero attached hydrogens (tertiary/aromatic N) is 1. The second-order valence-corrected chi connectivity index (χ2v) is 7.50. The van der Waals surface area contributed by atoms with E-state index in [0.717, 1.165) is 6.07 Å². The molecule has 9 heteroatoms. The van der Waals surface area contributed by atoms with Gasteiger partial charge in [0, 0.05) is 12.7 Å². The molecule has 0 radical (unpaired) electrons. The fourth-order valence-corrected chi connectivity index (χ4v) is 3.16. The summed E-state index contributed by atoms with van der Waals surface area (Å²) in [5, 5.41) is 2.55. The Morgan fingerprint density at radius 2 is 1.92 bits per heavy atom. The summed E-state index contributed by atoms with van der Waals surface area (Å²) in [5.74, 6) is -1.13. The van der Waals surface area contributed by atoms with Gasteiger partial charge < -0.3 is 5.32 Å². The second kappa shape index (κ2) is 7.49. The average molecular weight is 387 g/mol. The van der Waals surface area contributed by atoms with Gasteiger partial charge in [0.25, 0.3) is 15.9 Å². The van der Waals surface area contributed by atoms with Crippen molar-refractivity contribution in [3.63, 3.8) is 0 Å². The third-order valence-corrected chi connectivity index (χ3v) is 5.51. The lowest BCUT2D eigenvalue weighted by molar-refractivity contribution is -0.0258. The van der Waals surface area contributed by atoms with Gasteiger partial charge in [-0.05, 0) is 42.8 Å². The maximum absolute atomic E-state index is 13.6. The molecule has 0 aliphatic heterocycles. The predicted molar refractivity (Wildman–Crippen MR) is 92.5 cm³/mol. The first-order valence-electron chi connectivity index (χ1n) is 7.07. The summed E-state index contributed by atoms with van der Waals surface area (Å²) in [7, 11) is -1.51. The number of hydroxylamine groups is 1. The van der Waals surface area contributed by atoms with Crippen molar-refractivity contribution in [2.45, 2.75) is 11.8 Å². The number of nitrogens with one attached hydrogen (secondary N) is 1. The molecule has 1 N–H and O–H groups in total. The summed E-state index contributed by atoms with van der Waals surface area (Å²) in [6, 6.07) is 7.90. The molecule has 0 fully saturated rings. The number of amides is 1. The van der Waals surface area contributed by atoms with Crippen LogP contribution in [-0.4, -0.2) is 33.0 Å². The maximum Gasteiger partial charge on any atom is 0.264 e. The molecule has 134 valence electrons. The molecule has 0 saturated heterocycles. The van der Waals surface area contributed by atoms with Gasteiger partial charge in [0.05, 0.1) is 22.6 Å². The Morgan fingerprint density at radius 1 is 1.24 bits per heavy atom. The van der Waals surface area contributed by atoms with Crippen LogP contribution in [0.25, 0.3) is 0 Å². The van der Waals surface area contributed by atoms with Crippen molar-refractivity contribution in [1.82, 2.24) is 4.47 Å². The van der Waals surface area contributed by atoms with Crippen LogP contribution in [0.1, 0.15) is 15.9 Å². The predicted octanol–water partition coefficient (Wildman–Crippen LogP) is 3.22. The van der Waals surface area contributed by atoms with Gasteiger partial charge in [0.15, 0.2) is 0 Å². The Hall–Kier alpha value is -2.00. The molecule has 2 aromatic carbocycles. The highest BCUT2D eigenvalue weighted by molar-refractivity contribution is 7.89. The lowest BCUT2D eigenvalue weighted by Crippen LogP contribution is -2.26. The van der Waals surface area contributed by atoms with Crippen molar-refractivity contribution in [2.75, 3.05) is 19.5 Å². The Kier molecular flexibility index (Phi) is 5.79. The van der Waals surface area contributed by atoms with Crippen molar-refractivity contribution in [3.8, 4) is 0 Å². The summed E-state index contributed by atoms with van der Waals surface area (Å²) in [4.78, 5) is 16.9. The Bertz CT molecular complexity index is 918. The molecule has 0 aliphatic carbocycles. The zero-order valence-electron chi connectivity index (χ0n) is 13.7. The molecule has 0 spiro atoms. The molecule has 6 nitrogen and oxygen atoms in total. The fraction of sp³-hybridized carbons (Fsp3) is 0.188. The van der Waals surface area contributed by atoms with Crippen molar-refractivity contribution in [3.05, 3.63) is 58.4 Å². The number of halogens is 2. The molecule has 0 unspecified atom stereocenters. The molecule has 2 aromatic rings. The molecule has 0 bridgehead atoms. The molecule has 0 atom stereocenters. The third kappa shape index (κ3) is 4.16. The number of hydrogen-bond donors (Lipinski definition) is 1. The Balaban J connectivity index is 2.36. The van der Waals surface area contributed by atoms with Crippen LogP contribution < -0.4 is 5.32 Å². The van der Waals surface area contributed by atoms with E-state index in [9.17, 15) is 17.6 Å². The molecule has 0 aliphatic rings. The normalized spacial score (nSPS) is 11.6. The number of hydrogen-bond acceptors (Lipinski definition) is 4. The first kappa shape index (κ1) is 19.3. The van der Waals surface area contributed by atoms with Crippen molar-refractivity contribution >= 4 is 33.2 Å². The van der Waals surface area contributed by atoms with Crippen molar-refractivity contribution in [2.24, 2.45) is 0 Å². The topological polar surface area (TPSA) is 75.7 Å². The molecule has 25 heavy (non-hydrogen) atoms. The number of anilines is 1. The van der Waals surface area contributed by atoms with E-state index in [4.69, 9.17) is 16.4 Å². The van der Waals surface area contributed by atoms with Crippen LogP contribution in [0.3, 0.4) is 0 Å². The molecule has 0 heterocycles. The van der Waals surface area contributed by atoms with E-state index >= 15 is 0 Å². The number of benzene rings is 2. The molecule has 2 rings (SSSR count). The van der Waals surface area contributed by atoms with Crippen molar-refractivity contribution in [1.29, 1.82) is 0 Å². The van der Waals surface area contributed by atoms with E-state index in [1.165, 1.54) is 44.5 Å². The van der Waals surface area contributed by atoms with Crippen LogP contribution in [0.2, 0.25) is 5.02 Å². The van der Waals surface area contributed by atoms with Gasteiger partial charge in [-0.15, -0.1) is 0 Å². The van der Waals surface area contributed by atoms with Gasteiger partial charge in [-0.1, -0.05) is 22.1 Å². The van der Waals surface area contributed by atoms with E-state index in [1.54, 1.807) is 6.92 Å². The fourth-order valence-electron chi connectivity index (χ4n) is 1.95. The average Bonchev–Trinajstić information content (AvgIpc) is 2.57. The minimum absolute atomic E-state index is 0.0594. The first-order chi connectivity index (χ1) is 11.7. The number of sulfonamides is 1. The maximum atomic E-state index is 13.6. The van der Waals surface area contributed by atoms with Gasteiger partial charge in [-0.25, -0.2) is 12.8 Å². The van der Waals surface area contributed by atoms with Crippen LogP contribution in [0.5, 0.6) is 0 Å². The van der Waals surface area contributed by atoms with Crippen LogP contribution in [0.4, 0.5) is 10.1 Å². The van der Waals surface area contributed by atoms with E-state index in [1.807, 2.05) is 0 Å². The summed E-state index contributed by atoms with van der Waals surface area (Å²) in [6.07, 6.45) is 0. The SMILES string of the molecule is CON(C)S(=O)(=O)c1ccc(Cl)c(C(=O)Nc2ccc(C)c(F)c2)c1. The summed E-state index contributed by atoms with van der Waals surface area (Å²) in [5.41, 5.74) is 0.603. The molecular formula is C16H16ClFN2O4S. The summed E-state index contributed by atoms with van der Waals surface area (Å²) < 4.78 is 38.8. The van der Waals surface area contributed by atoms with Gasteiger partial charge in [0.2, 0.25) is 0 Å². The second-order valence-electron chi connectivity index (χ2n) is 5.16. The highest BCUT2D eigenvalue weighted by atomic mass is 35.5. The van der Waals surface area contributed by atoms with Gasteiger partial charge in [-0.2, -0.15) is 0 Å². The lowest BCUT2D eigenvalue weighted by atomic mass is 10.2. The van der Waals surface area contributed by atoms with Crippen LogP contribution in [0, 0.1) is 12.7 Å².